The van der Waals surface area contributed by atoms with E-state index in [0.717, 1.165) is 43.6 Å². The lowest BCUT2D eigenvalue weighted by Crippen LogP contribution is -2.28. The number of anilines is 1. The summed E-state index contributed by atoms with van der Waals surface area (Å²) in [6.07, 6.45) is 3.82. The zero-order valence-electron chi connectivity index (χ0n) is 15.6. The van der Waals surface area contributed by atoms with Crippen molar-refractivity contribution in [3.05, 3.63) is 23.6 Å². The van der Waals surface area contributed by atoms with Crippen LogP contribution in [0.4, 0.5) is 5.13 Å². The van der Waals surface area contributed by atoms with Crippen molar-refractivity contribution in [1.82, 2.24) is 10.3 Å². The maximum absolute atomic E-state index is 12.2. The Hall–Kier alpha value is -1.83. The van der Waals surface area contributed by atoms with Crippen LogP contribution in [-0.2, 0) is 4.79 Å². The van der Waals surface area contributed by atoms with E-state index in [1.807, 2.05) is 23.6 Å². The second kappa shape index (κ2) is 10.5. The molecule has 0 radical (unpaired) electrons. The van der Waals surface area contributed by atoms with E-state index in [1.165, 1.54) is 11.3 Å². The van der Waals surface area contributed by atoms with Gasteiger partial charge in [0.1, 0.15) is 0 Å². The number of carbonyl (C=O) groups is 1. The molecule has 2 N–H and O–H groups in total. The fraction of sp³-hybridized carbons (Fsp3) is 0.474. The molecule has 6 nitrogen and oxygen atoms in total. The molecule has 1 aliphatic heterocycles. The van der Waals surface area contributed by atoms with E-state index < -0.39 is 0 Å². The normalized spacial score (nSPS) is 14.3. The Labute approximate surface area is 170 Å². The number of ether oxygens (including phenoxy) is 2. The summed E-state index contributed by atoms with van der Waals surface area (Å²) < 4.78 is 10.6. The maximum atomic E-state index is 12.2. The fourth-order valence-corrected chi connectivity index (χ4v) is 3.88. The lowest BCUT2D eigenvalue weighted by molar-refractivity contribution is -0.116. The van der Waals surface area contributed by atoms with Crippen LogP contribution in [0, 0.1) is 5.92 Å². The van der Waals surface area contributed by atoms with Gasteiger partial charge in [-0.3, -0.25) is 4.79 Å². The van der Waals surface area contributed by atoms with Crippen LogP contribution in [0.2, 0.25) is 0 Å². The molecule has 1 amide bonds. The monoisotopic (exact) mass is 411 g/mol. The highest BCUT2D eigenvalue weighted by Crippen LogP contribution is 2.33. The standard InChI is InChI=1S/C19H25N3O3S.ClH/c1-24-16-5-4-14(11-17(16)25-2)15-12-26-19(21-15)22-18(23)6-3-13-7-9-20-10-8-13;/h4-5,11-13,20H,3,6-10H2,1-2H3,(H,21,22,23);1H. The van der Waals surface area contributed by atoms with E-state index in [0.29, 0.717) is 29.0 Å². The molecule has 3 rings (SSSR count). The van der Waals surface area contributed by atoms with E-state index in [1.54, 1.807) is 14.2 Å². The van der Waals surface area contributed by atoms with Crippen molar-refractivity contribution in [2.45, 2.75) is 25.7 Å². The van der Waals surface area contributed by atoms with Crippen molar-refractivity contribution in [1.29, 1.82) is 0 Å². The highest BCUT2D eigenvalue weighted by atomic mass is 35.5. The molecular weight excluding hydrogens is 386 g/mol. The Kier molecular flexibility index (Phi) is 8.34. The fourth-order valence-electron chi connectivity index (χ4n) is 3.15. The van der Waals surface area contributed by atoms with Crippen LogP contribution in [0.1, 0.15) is 25.7 Å². The average Bonchev–Trinajstić information content (AvgIpc) is 3.15. The summed E-state index contributed by atoms with van der Waals surface area (Å²) in [5.41, 5.74) is 1.73. The smallest absolute Gasteiger partial charge is 0.226 e. The highest BCUT2D eigenvalue weighted by Gasteiger charge is 2.15. The maximum Gasteiger partial charge on any atom is 0.226 e. The van der Waals surface area contributed by atoms with E-state index >= 15 is 0 Å². The highest BCUT2D eigenvalue weighted by molar-refractivity contribution is 7.14. The summed E-state index contributed by atoms with van der Waals surface area (Å²) in [7, 11) is 3.22. The first-order chi connectivity index (χ1) is 12.7. The van der Waals surface area contributed by atoms with Gasteiger partial charge in [0.15, 0.2) is 16.6 Å². The van der Waals surface area contributed by atoms with Gasteiger partial charge in [-0.05, 0) is 56.5 Å². The molecule has 2 aromatic rings. The Balaban J connectivity index is 0.00000261. The number of thiazole rings is 1. The van der Waals surface area contributed by atoms with E-state index in [9.17, 15) is 4.79 Å². The van der Waals surface area contributed by atoms with Gasteiger partial charge in [-0.25, -0.2) is 4.98 Å². The summed E-state index contributed by atoms with van der Waals surface area (Å²) in [5.74, 6) is 2.03. The molecule has 8 heteroatoms. The number of amides is 1. The first-order valence-corrected chi connectivity index (χ1v) is 9.76. The third-order valence-electron chi connectivity index (χ3n) is 4.67. The number of carbonyl (C=O) groups excluding carboxylic acids is 1. The quantitative estimate of drug-likeness (QED) is 0.721. The van der Waals surface area contributed by atoms with Crippen LogP contribution < -0.4 is 20.1 Å². The number of rotatable bonds is 7. The predicted octanol–water partition coefficient (Wildman–Crippen LogP) is 3.97. The molecule has 1 aromatic heterocycles. The van der Waals surface area contributed by atoms with Gasteiger partial charge in [-0.1, -0.05) is 0 Å². The topological polar surface area (TPSA) is 72.5 Å². The molecule has 0 bridgehead atoms. The molecular formula is C19H26ClN3O3S. The van der Waals surface area contributed by atoms with Crippen molar-refractivity contribution in [2.75, 3.05) is 32.6 Å². The minimum Gasteiger partial charge on any atom is -0.493 e. The number of hydrogen-bond acceptors (Lipinski definition) is 6. The summed E-state index contributed by atoms with van der Waals surface area (Å²) in [6.45, 7) is 2.13. The summed E-state index contributed by atoms with van der Waals surface area (Å²) >= 11 is 1.43. The summed E-state index contributed by atoms with van der Waals surface area (Å²) in [6, 6.07) is 5.67. The molecule has 0 spiro atoms. The average molecular weight is 412 g/mol. The van der Waals surface area contributed by atoms with Crippen LogP contribution in [0.15, 0.2) is 23.6 Å². The van der Waals surface area contributed by atoms with Crippen molar-refractivity contribution in [2.24, 2.45) is 5.92 Å². The van der Waals surface area contributed by atoms with Crippen LogP contribution in [0.3, 0.4) is 0 Å². The molecule has 1 fully saturated rings. The molecule has 1 saturated heterocycles. The van der Waals surface area contributed by atoms with Crippen molar-refractivity contribution in [3.8, 4) is 22.8 Å². The van der Waals surface area contributed by atoms with Crippen molar-refractivity contribution >= 4 is 34.8 Å². The van der Waals surface area contributed by atoms with Crippen molar-refractivity contribution < 1.29 is 14.3 Å². The number of nitrogens with zero attached hydrogens (tertiary/aromatic N) is 1. The number of halogens is 1. The minimum atomic E-state index is 0. The van der Waals surface area contributed by atoms with Gasteiger partial charge in [0.05, 0.1) is 19.9 Å². The Morgan fingerprint density at radius 3 is 2.70 bits per heavy atom. The number of hydrogen-bond donors (Lipinski definition) is 2. The second-order valence-electron chi connectivity index (χ2n) is 6.39. The van der Waals surface area contributed by atoms with Gasteiger partial charge in [0.2, 0.25) is 5.91 Å². The first kappa shape index (κ1) is 21.5. The molecule has 1 aliphatic rings. The van der Waals surface area contributed by atoms with Crippen LogP contribution in [0.25, 0.3) is 11.3 Å². The number of benzene rings is 1. The van der Waals surface area contributed by atoms with Crippen LogP contribution in [0.5, 0.6) is 11.5 Å². The first-order valence-electron chi connectivity index (χ1n) is 8.88. The molecule has 1 aromatic carbocycles. The predicted molar refractivity (Wildman–Crippen MR) is 111 cm³/mol. The van der Waals surface area contributed by atoms with Crippen molar-refractivity contribution in [3.63, 3.8) is 0 Å². The molecule has 0 saturated carbocycles. The zero-order valence-corrected chi connectivity index (χ0v) is 17.3. The number of aromatic nitrogens is 1. The number of piperidine rings is 1. The molecule has 148 valence electrons. The molecule has 0 atom stereocenters. The molecule has 27 heavy (non-hydrogen) atoms. The van der Waals surface area contributed by atoms with Gasteiger partial charge in [0, 0.05) is 17.4 Å². The third-order valence-corrected chi connectivity index (χ3v) is 5.43. The van der Waals surface area contributed by atoms with Crippen LogP contribution in [-0.4, -0.2) is 38.2 Å². The van der Waals surface area contributed by atoms with Gasteiger partial charge in [0.25, 0.3) is 0 Å². The number of methoxy groups -OCH3 is 2. The summed E-state index contributed by atoms with van der Waals surface area (Å²) in [4.78, 5) is 16.7. The van der Waals surface area contributed by atoms with Crippen LogP contribution >= 0.6 is 23.7 Å². The Morgan fingerprint density at radius 1 is 1.26 bits per heavy atom. The van der Waals surface area contributed by atoms with Gasteiger partial charge < -0.3 is 20.1 Å². The third kappa shape index (κ3) is 5.82. The lowest BCUT2D eigenvalue weighted by atomic mass is 9.93. The van der Waals surface area contributed by atoms with Gasteiger partial charge in [-0.2, -0.15) is 0 Å². The van der Waals surface area contributed by atoms with Gasteiger partial charge in [-0.15, -0.1) is 23.7 Å². The molecule has 0 aliphatic carbocycles. The zero-order chi connectivity index (χ0) is 18.4. The SMILES string of the molecule is COc1ccc(-c2csc(NC(=O)CCC3CCNCC3)n2)cc1OC.Cl. The number of nitrogens with one attached hydrogen (secondary N) is 2. The van der Waals surface area contributed by atoms with Gasteiger partial charge >= 0.3 is 0 Å². The Bertz CT molecular complexity index is 748. The lowest BCUT2D eigenvalue weighted by Gasteiger charge is -2.21. The minimum absolute atomic E-state index is 0. The largest absolute Gasteiger partial charge is 0.493 e. The van der Waals surface area contributed by atoms with E-state index in [4.69, 9.17) is 9.47 Å². The Morgan fingerprint density at radius 2 is 2.00 bits per heavy atom. The second-order valence-corrected chi connectivity index (χ2v) is 7.25. The summed E-state index contributed by atoms with van der Waals surface area (Å²) in [5, 5.41) is 8.83. The van der Waals surface area contributed by atoms with E-state index in [-0.39, 0.29) is 18.3 Å². The molecule has 2 heterocycles. The van der Waals surface area contributed by atoms with E-state index in [2.05, 4.69) is 15.6 Å². The molecule has 0 unspecified atom stereocenters.